The molecule has 2 N–H and O–H groups in total. The van der Waals surface area contributed by atoms with Gasteiger partial charge < -0.3 is 19.9 Å². The maximum Gasteiger partial charge on any atom is 0.191 e. The van der Waals surface area contributed by atoms with E-state index < -0.39 is 0 Å². The molecule has 1 saturated heterocycles. The molecule has 0 radical (unpaired) electrons. The Balaban J connectivity index is 1.55. The van der Waals surface area contributed by atoms with Gasteiger partial charge in [0.1, 0.15) is 5.82 Å². The van der Waals surface area contributed by atoms with Crippen molar-refractivity contribution in [1.82, 2.24) is 25.1 Å². The number of hydrogen-bond acceptors (Lipinski definition) is 4. The SMILES string of the molecule is CCNC(=NCc1ccc(-n2ccnc2)c(F)c1)NCCN1CCOCC1. The van der Waals surface area contributed by atoms with E-state index >= 15 is 0 Å². The number of rotatable bonds is 7. The van der Waals surface area contributed by atoms with Crippen LogP contribution in [0.5, 0.6) is 0 Å². The average molecular weight is 374 g/mol. The molecule has 3 rings (SSSR count). The van der Waals surface area contributed by atoms with Crippen LogP contribution in [0.4, 0.5) is 4.39 Å². The molecule has 27 heavy (non-hydrogen) atoms. The summed E-state index contributed by atoms with van der Waals surface area (Å²) < 4.78 is 21.4. The van der Waals surface area contributed by atoms with Gasteiger partial charge in [-0.05, 0) is 24.6 Å². The van der Waals surface area contributed by atoms with Crippen LogP contribution in [0.15, 0.2) is 41.9 Å². The molecule has 146 valence electrons. The Morgan fingerprint density at radius 3 is 2.85 bits per heavy atom. The van der Waals surface area contributed by atoms with E-state index in [4.69, 9.17) is 4.74 Å². The number of ether oxygens (including phenoxy) is 1. The molecule has 0 atom stereocenters. The quantitative estimate of drug-likeness (QED) is 0.567. The van der Waals surface area contributed by atoms with Crippen LogP contribution in [0, 0.1) is 5.82 Å². The number of nitrogens with one attached hydrogen (secondary N) is 2. The van der Waals surface area contributed by atoms with E-state index in [0.717, 1.165) is 57.5 Å². The van der Waals surface area contributed by atoms with Crippen LogP contribution in [0.2, 0.25) is 0 Å². The summed E-state index contributed by atoms with van der Waals surface area (Å²) in [6, 6.07) is 5.16. The molecule has 8 heteroatoms. The molecule has 0 bridgehead atoms. The molecule has 0 aliphatic carbocycles. The molecule has 0 saturated carbocycles. The van der Waals surface area contributed by atoms with E-state index in [2.05, 4.69) is 25.5 Å². The first-order chi connectivity index (χ1) is 13.3. The first kappa shape index (κ1) is 19.3. The lowest BCUT2D eigenvalue weighted by Crippen LogP contribution is -2.44. The molecule has 1 aliphatic rings. The third-order valence-corrected chi connectivity index (χ3v) is 4.38. The molecule has 2 aromatic rings. The molecule has 0 amide bonds. The number of guanidine groups is 1. The number of hydrogen-bond donors (Lipinski definition) is 2. The average Bonchev–Trinajstić information content (AvgIpc) is 3.21. The normalized spacial score (nSPS) is 15.7. The van der Waals surface area contributed by atoms with Gasteiger partial charge in [-0.25, -0.2) is 14.4 Å². The lowest BCUT2D eigenvalue weighted by atomic mass is 10.2. The Morgan fingerprint density at radius 2 is 2.15 bits per heavy atom. The molecule has 0 spiro atoms. The van der Waals surface area contributed by atoms with Crippen molar-refractivity contribution in [3.8, 4) is 5.69 Å². The number of imidazole rings is 1. The molecule has 7 nitrogen and oxygen atoms in total. The molecular weight excluding hydrogens is 347 g/mol. The maximum absolute atomic E-state index is 14.4. The summed E-state index contributed by atoms with van der Waals surface area (Å²) in [6.07, 6.45) is 4.93. The smallest absolute Gasteiger partial charge is 0.191 e. The van der Waals surface area contributed by atoms with Gasteiger partial charge in [-0.2, -0.15) is 0 Å². The van der Waals surface area contributed by atoms with E-state index in [0.29, 0.717) is 12.2 Å². The second-order valence-corrected chi connectivity index (χ2v) is 6.33. The minimum absolute atomic E-state index is 0.286. The predicted octanol–water partition coefficient (Wildman–Crippen LogP) is 1.40. The van der Waals surface area contributed by atoms with Crippen molar-refractivity contribution >= 4 is 5.96 Å². The lowest BCUT2D eigenvalue weighted by Gasteiger charge is -2.26. The zero-order chi connectivity index (χ0) is 18.9. The summed E-state index contributed by atoms with van der Waals surface area (Å²) in [6.45, 7) is 8.51. The van der Waals surface area contributed by atoms with Crippen molar-refractivity contribution in [3.63, 3.8) is 0 Å². The fraction of sp³-hybridized carbons (Fsp3) is 0.474. The number of nitrogens with zero attached hydrogens (tertiary/aromatic N) is 4. The van der Waals surface area contributed by atoms with Crippen molar-refractivity contribution in [2.45, 2.75) is 13.5 Å². The molecule has 2 heterocycles. The number of benzene rings is 1. The Bertz CT molecular complexity index is 728. The van der Waals surface area contributed by atoms with Crippen LogP contribution in [0.1, 0.15) is 12.5 Å². The Kier molecular flexibility index (Phi) is 7.18. The molecule has 1 fully saturated rings. The molecule has 1 aromatic heterocycles. The van der Waals surface area contributed by atoms with E-state index in [9.17, 15) is 4.39 Å². The number of aromatic nitrogens is 2. The third kappa shape index (κ3) is 5.77. The van der Waals surface area contributed by atoms with Crippen LogP contribution in [-0.4, -0.2) is 66.3 Å². The van der Waals surface area contributed by atoms with Gasteiger partial charge in [-0.3, -0.25) is 4.90 Å². The minimum Gasteiger partial charge on any atom is -0.379 e. The van der Waals surface area contributed by atoms with Crippen molar-refractivity contribution in [3.05, 3.63) is 48.3 Å². The van der Waals surface area contributed by atoms with Gasteiger partial charge in [0.25, 0.3) is 0 Å². The Hall–Kier alpha value is -2.45. The standard InChI is InChI=1S/C19H27FN6O/c1-2-22-19(23-6-7-25-9-11-27-12-10-25)24-14-16-3-4-18(17(20)13-16)26-8-5-21-15-26/h3-5,8,13,15H,2,6-7,9-12,14H2,1H3,(H2,22,23,24). The summed E-state index contributed by atoms with van der Waals surface area (Å²) in [5.74, 6) is 0.454. The van der Waals surface area contributed by atoms with Crippen LogP contribution < -0.4 is 10.6 Å². The van der Waals surface area contributed by atoms with Gasteiger partial charge in [0.2, 0.25) is 0 Å². The highest BCUT2D eigenvalue weighted by molar-refractivity contribution is 5.79. The Morgan fingerprint density at radius 1 is 1.30 bits per heavy atom. The summed E-state index contributed by atoms with van der Waals surface area (Å²) >= 11 is 0. The van der Waals surface area contributed by atoms with Crippen molar-refractivity contribution in [2.24, 2.45) is 4.99 Å². The van der Waals surface area contributed by atoms with E-state index in [-0.39, 0.29) is 5.82 Å². The molecule has 1 aliphatic heterocycles. The summed E-state index contributed by atoms with van der Waals surface area (Å²) in [5, 5.41) is 6.57. The van der Waals surface area contributed by atoms with Gasteiger partial charge in [-0.1, -0.05) is 6.07 Å². The highest BCUT2D eigenvalue weighted by Gasteiger charge is 2.10. The molecule has 1 aromatic carbocycles. The molecular formula is C19H27FN6O. The Labute approximate surface area is 159 Å². The van der Waals surface area contributed by atoms with Gasteiger partial charge in [-0.15, -0.1) is 0 Å². The fourth-order valence-electron chi connectivity index (χ4n) is 2.93. The van der Waals surface area contributed by atoms with Crippen LogP contribution in [0.25, 0.3) is 5.69 Å². The zero-order valence-corrected chi connectivity index (χ0v) is 15.7. The fourth-order valence-corrected chi connectivity index (χ4v) is 2.93. The van der Waals surface area contributed by atoms with E-state index in [1.807, 2.05) is 13.0 Å². The third-order valence-electron chi connectivity index (χ3n) is 4.38. The number of aliphatic imine (C=N–C) groups is 1. The van der Waals surface area contributed by atoms with Crippen LogP contribution >= 0.6 is 0 Å². The highest BCUT2D eigenvalue weighted by atomic mass is 19.1. The van der Waals surface area contributed by atoms with Gasteiger partial charge in [0.05, 0.1) is 31.8 Å². The lowest BCUT2D eigenvalue weighted by molar-refractivity contribution is 0.0389. The number of halogens is 1. The summed E-state index contributed by atoms with van der Waals surface area (Å²) in [5.41, 5.74) is 1.30. The van der Waals surface area contributed by atoms with Crippen molar-refractivity contribution in [2.75, 3.05) is 45.9 Å². The summed E-state index contributed by atoms with van der Waals surface area (Å²) in [4.78, 5) is 10.9. The van der Waals surface area contributed by atoms with Crippen LogP contribution in [0.3, 0.4) is 0 Å². The highest BCUT2D eigenvalue weighted by Crippen LogP contribution is 2.15. The minimum atomic E-state index is -0.286. The second-order valence-electron chi connectivity index (χ2n) is 6.33. The van der Waals surface area contributed by atoms with Gasteiger partial charge >= 0.3 is 0 Å². The van der Waals surface area contributed by atoms with Crippen molar-refractivity contribution in [1.29, 1.82) is 0 Å². The first-order valence-corrected chi connectivity index (χ1v) is 9.35. The zero-order valence-electron chi connectivity index (χ0n) is 15.7. The molecule has 0 unspecified atom stereocenters. The largest absolute Gasteiger partial charge is 0.379 e. The van der Waals surface area contributed by atoms with Crippen molar-refractivity contribution < 1.29 is 9.13 Å². The summed E-state index contributed by atoms with van der Waals surface area (Å²) in [7, 11) is 0. The van der Waals surface area contributed by atoms with E-state index in [1.54, 1.807) is 29.4 Å². The number of morpholine rings is 1. The second kappa shape index (κ2) is 10.0. The first-order valence-electron chi connectivity index (χ1n) is 9.35. The monoisotopic (exact) mass is 374 g/mol. The van der Waals surface area contributed by atoms with Gasteiger partial charge in [0.15, 0.2) is 5.96 Å². The van der Waals surface area contributed by atoms with E-state index in [1.165, 1.54) is 6.07 Å². The van der Waals surface area contributed by atoms with Gasteiger partial charge in [0, 0.05) is 45.1 Å². The topological polar surface area (TPSA) is 66.7 Å². The van der Waals surface area contributed by atoms with Crippen LogP contribution in [-0.2, 0) is 11.3 Å². The predicted molar refractivity (Wildman–Crippen MR) is 104 cm³/mol. The maximum atomic E-state index is 14.4.